The number of aliphatic hydroxyl groups is 1. The average molecular weight is 187 g/mol. The Balaban J connectivity index is 2.11. The zero-order valence-electron chi connectivity index (χ0n) is 7.06. The zero-order chi connectivity index (χ0) is 8.81. The third-order valence-corrected chi connectivity index (χ3v) is 2.81. The number of hydrogen-bond donors (Lipinski definition) is 1. The van der Waals surface area contributed by atoms with Crippen molar-refractivity contribution >= 4 is 11.8 Å². The zero-order valence-corrected chi connectivity index (χ0v) is 7.88. The van der Waals surface area contributed by atoms with Crippen LogP contribution >= 0.6 is 11.8 Å². The molecule has 3 nitrogen and oxygen atoms in total. The second kappa shape index (κ2) is 5.22. The highest BCUT2D eigenvalue weighted by Crippen LogP contribution is 2.14. The number of aliphatic hydroxyl groups excluding tert-OH is 1. The predicted molar refractivity (Wildman–Crippen MR) is 48.9 cm³/mol. The topological polar surface area (TPSA) is 46.3 Å². The molecular weight excluding hydrogens is 174 g/mol. The van der Waals surface area contributed by atoms with Crippen LogP contribution in [-0.4, -0.2) is 22.6 Å². The smallest absolute Gasteiger partial charge is 0.127 e. The van der Waals surface area contributed by atoms with Crippen molar-refractivity contribution < 1.29 is 9.63 Å². The molecule has 1 unspecified atom stereocenters. The van der Waals surface area contributed by atoms with Crippen LogP contribution < -0.4 is 0 Å². The van der Waals surface area contributed by atoms with Gasteiger partial charge in [-0.1, -0.05) is 12.1 Å². The van der Waals surface area contributed by atoms with Crippen LogP contribution in [0.25, 0.3) is 0 Å². The SMILES string of the molecule is CC(CO)CSCc1cnoc1. The largest absolute Gasteiger partial charge is 0.396 e. The number of aromatic nitrogens is 1. The number of nitrogens with zero attached hydrogens (tertiary/aromatic N) is 1. The molecule has 68 valence electrons. The third kappa shape index (κ3) is 3.28. The minimum absolute atomic E-state index is 0.261. The second-order valence-electron chi connectivity index (χ2n) is 2.84. The van der Waals surface area contributed by atoms with E-state index in [1.165, 1.54) is 0 Å². The van der Waals surface area contributed by atoms with Crippen molar-refractivity contribution in [3.05, 3.63) is 18.0 Å². The van der Waals surface area contributed by atoms with E-state index in [4.69, 9.17) is 5.11 Å². The monoisotopic (exact) mass is 187 g/mol. The molecule has 1 aromatic rings. The van der Waals surface area contributed by atoms with E-state index in [9.17, 15) is 0 Å². The molecule has 0 aliphatic heterocycles. The van der Waals surface area contributed by atoms with Crippen LogP contribution in [-0.2, 0) is 5.75 Å². The Bertz CT molecular complexity index is 201. The van der Waals surface area contributed by atoms with E-state index >= 15 is 0 Å². The van der Waals surface area contributed by atoms with E-state index in [-0.39, 0.29) is 6.61 Å². The van der Waals surface area contributed by atoms with Crippen LogP contribution in [0.3, 0.4) is 0 Å². The molecule has 0 aromatic carbocycles. The second-order valence-corrected chi connectivity index (χ2v) is 3.87. The molecule has 0 aliphatic rings. The summed E-state index contributed by atoms with van der Waals surface area (Å²) in [7, 11) is 0. The van der Waals surface area contributed by atoms with Gasteiger partial charge in [0.25, 0.3) is 0 Å². The highest BCUT2D eigenvalue weighted by atomic mass is 32.2. The van der Waals surface area contributed by atoms with Crippen LogP contribution in [0.4, 0.5) is 0 Å². The molecule has 1 heterocycles. The Morgan fingerprint density at radius 1 is 1.75 bits per heavy atom. The summed E-state index contributed by atoms with van der Waals surface area (Å²) in [6, 6.07) is 0. The molecule has 1 N–H and O–H groups in total. The predicted octanol–water partition coefficient (Wildman–Crippen LogP) is 1.54. The first-order chi connectivity index (χ1) is 5.83. The summed E-state index contributed by atoms with van der Waals surface area (Å²) in [6.07, 6.45) is 3.37. The lowest BCUT2D eigenvalue weighted by Gasteiger charge is -2.04. The van der Waals surface area contributed by atoms with Gasteiger partial charge < -0.3 is 9.63 Å². The fourth-order valence-corrected chi connectivity index (χ4v) is 1.73. The fourth-order valence-electron chi connectivity index (χ4n) is 0.729. The van der Waals surface area contributed by atoms with Crippen molar-refractivity contribution in [3.63, 3.8) is 0 Å². The van der Waals surface area contributed by atoms with Crippen molar-refractivity contribution in [2.75, 3.05) is 12.4 Å². The maximum atomic E-state index is 8.75. The van der Waals surface area contributed by atoms with E-state index in [2.05, 4.69) is 9.68 Å². The molecule has 0 radical (unpaired) electrons. The van der Waals surface area contributed by atoms with E-state index in [0.29, 0.717) is 5.92 Å². The van der Waals surface area contributed by atoms with E-state index in [0.717, 1.165) is 17.1 Å². The lowest BCUT2D eigenvalue weighted by atomic mass is 10.2. The first-order valence-electron chi connectivity index (χ1n) is 3.89. The standard InChI is InChI=1S/C8H13NO2S/c1-7(3-10)5-12-6-8-2-9-11-4-8/h2,4,7,10H,3,5-6H2,1H3. The van der Waals surface area contributed by atoms with E-state index in [1.54, 1.807) is 24.2 Å². The van der Waals surface area contributed by atoms with Gasteiger partial charge in [-0.05, 0) is 11.7 Å². The molecular formula is C8H13NO2S. The van der Waals surface area contributed by atoms with Crippen LogP contribution in [0.2, 0.25) is 0 Å². The van der Waals surface area contributed by atoms with Crippen LogP contribution in [0.1, 0.15) is 12.5 Å². The van der Waals surface area contributed by atoms with E-state index in [1.807, 2.05) is 6.92 Å². The van der Waals surface area contributed by atoms with Gasteiger partial charge in [-0.25, -0.2) is 0 Å². The number of hydrogen-bond acceptors (Lipinski definition) is 4. The summed E-state index contributed by atoms with van der Waals surface area (Å²) in [6.45, 7) is 2.29. The maximum absolute atomic E-state index is 8.75. The summed E-state index contributed by atoms with van der Waals surface area (Å²) < 4.78 is 4.69. The highest BCUT2D eigenvalue weighted by molar-refractivity contribution is 7.98. The lowest BCUT2D eigenvalue weighted by Crippen LogP contribution is -2.03. The molecule has 0 amide bonds. The molecule has 1 rings (SSSR count). The highest BCUT2D eigenvalue weighted by Gasteiger charge is 2.01. The minimum atomic E-state index is 0.261. The van der Waals surface area contributed by atoms with E-state index < -0.39 is 0 Å². The fraction of sp³-hybridized carbons (Fsp3) is 0.625. The van der Waals surface area contributed by atoms with Crippen LogP contribution in [0.5, 0.6) is 0 Å². The molecule has 0 fully saturated rings. The molecule has 0 aliphatic carbocycles. The summed E-state index contributed by atoms with van der Waals surface area (Å²) in [5.74, 6) is 2.25. The van der Waals surface area contributed by atoms with Gasteiger partial charge >= 0.3 is 0 Å². The van der Waals surface area contributed by atoms with Gasteiger partial charge in [-0.2, -0.15) is 11.8 Å². The average Bonchev–Trinajstić information content (AvgIpc) is 2.57. The van der Waals surface area contributed by atoms with Crippen molar-refractivity contribution in [2.45, 2.75) is 12.7 Å². The van der Waals surface area contributed by atoms with Gasteiger partial charge in [0.05, 0.1) is 6.20 Å². The first-order valence-corrected chi connectivity index (χ1v) is 5.05. The molecule has 1 aromatic heterocycles. The van der Waals surface area contributed by atoms with Crippen molar-refractivity contribution in [1.29, 1.82) is 0 Å². The van der Waals surface area contributed by atoms with Gasteiger partial charge in [0.1, 0.15) is 6.26 Å². The Kier molecular flexibility index (Phi) is 4.18. The van der Waals surface area contributed by atoms with Gasteiger partial charge in [-0.3, -0.25) is 0 Å². The summed E-state index contributed by atoms with van der Waals surface area (Å²) in [4.78, 5) is 0. The Hall–Kier alpha value is -0.480. The summed E-state index contributed by atoms with van der Waals surface area (Å²) in [5, 5.41) is 12.4. The van der Waals surface area contributed by atoms with Crippen LogP contribution in [0, 0.1) is 5.92 Å². The maximum Gasteiger partial charge on any atom is 0.127 e. The summed E-state index contributed by atoms with van der Waals surface area (Å²) in [5.41, 5.74) is 1.10. The molecule has 0 saturated heterocycles. The molecule has 0 spiro atoms. The Morgan fingerprint density at radius 3 is 3.17 bits per heavy atom. The quantitative estimate of drug-likeness (QED) is 0.759. The van der Waals surface area contributed by atoms with Crippen molar-refractivity contribution in [2.24, 2.45) is 5.92 Å². The number of rotatable bonds is 5. The lowest BCUT2D eigenvalue weighted by molar-refractivity contribution is 0.250. The molecule has 12 heavy (non-hydrogen) atoms. The van der Waals surface area contributed by atoms with Gasteiger partial charge in [-0.15, -0.1) is 0 Å². The van der Waals surface area contributed by atoms with Crippen LogP contribution in [0.15, 0.2) is 17.0 Å². The van der Waals surface area contributed by atoms with Gasteiger partial charge in [0, 0.05) is 17.9 Å². The first kappa shape index (κ1) is 9.61. The van der Waals surface area contributed by atoms with Crippen molar-refractivity contribution in [3.8, 4) is 0 Å². The normalized spacial score (nSPS) is 13.2. The Morgan fingerprint density at radius 2 is 2.58 bits per heavy atom. The van der Waals surface area contributed by atoms with Gasteiger partial charge in [0.2, 0.25) is 0 Å². The third-order valence-electron chi connectivity index (χ3n) is 1.47. The molecule has 1 atom stereocenters. The number of thioether (sulfide) groups is 1. The van der Waals surface area contributed by atoms with Crippen molar-refractivity contribution in [1.82, 2.24) is 5.16 Å². The molecule has 0 saturated carbocycles. The Labute approximate surface area is 76.1 Å². The minimum Gasteiger partial charge on any atom is -0.396 e. The summed E-state index contributed by atoms with van der Waals surface area (Å²) >= 11 is 1.78. The molecule has 4 heteroatoms. The molecule has 0 bridgehead atoms. The van der Waals surface area contributed by atoms with Gasteiger partial charge in [0.15, 0.2) is 0 Å².